The van der Waals surface area contributed by atoms with Crippen molar-refractivity contribution in [3.05, 3.63) is 70.8 Å². The molecule has 0 heterocycles. The Labute approximate surface area is 251 Å². The average molecular weight is 604 g/mol. The molecule has 9 nitrogen and oxygen atoms in total. The maximum Gasteiger partial charge on any atom is 0.698 e. The maximum atomic E-state index is 12.9. The van der Waals surface area contributed by atoms with Gasteiger partial charge in [-0.1, -0.05) is 89.8 Å². The van der Waals surface area contributed by atoms with Crippen molar-refractivity contribution >= 4 is 20.1 Å². The standard InChI is InChI=1S/C32H47N2O7P/c1-9-25(10-2)31(5,6)40-33-29(35)27-19-15-13-17-23(27)21-38-42(37)39-22-24-18-14-16-20-28(24)30(36)34-41-32(7,8)26(11-3)12-4/h13-20,25-26H,9-12,21-22H2,1-8H3,(H-,33,34,35,36)/p+1. The number of hydroxylamine groups is 2. The van der Waals surface area contributed by atoms with Gasteiger partial charge in [-0.25, -0.2) is 11.0 Å². The number of rotatable bonds is 18. The van der Waals surface area contributed by atoms with Crippen molar-refractivity contribution in [2.45, 2.75) is 105 Å². The lowest BCUT2D eigenvalue weighted by Gasteiger charge is -2.32. The lowest BCUT2D eigenvalue weighted by Crippen LogP contribution is -2.41. The molecule has 0 aliphatic rings. The second kappa shape index (κ2) is 16.8. The summed E-state index contributed by atoms with van der Waals surface area (Å²) in [6.45, 7) is 15.9. The first kappa shape index (κ1) is 35.5. The first-order valence-electron chi connectivity index (χ1n) is 14.8. The lowest BCUT2D eigenvalue weighted by atomic mass is 9.87. The molecule has 2 aromatic carbocycles. The van der Waals surface area contributed by atoms with Crippen molar-refractivity contribution in [1.29, 1.82) is 0 Å². The van der Waals surface area contributed by atoms with Crippen LogP contribution in [-0.2, 0) is 36.5 Å². The van der Waals surface area contributed by atoms with Gasteiger partial charge in [-0.15, -0.1) is 9.05 Å². The third-order valence-electron chi connectivity index (χ3n) is 7.93. The summed E-state index contributed by atoms with van der Waals surface area (Å²) in [6, 6.07) is 13.7. The van der Waals surface area contributed by atoms with Crippen molar-refractivity contribution < 1.29 is 32.9 Å². The van der Waals surface area contributed by atoms with E-state index in [2.05, 4.69) is 38.7 Å². The van der Waals surface area contributed by atoms with E-state index in [0.717, 1.165) is 25.7 Å². The normalized spacial score (nSPS) is 12.0. The van der Waals surface area contributed by atoms with Crippen molar-refractivity contribution in [3.63, 3.8) is 0 Å². The molecule has 0 atom stereocenters. The number of nitrogens with one attached hydrogen (secondary N) is 2. The fourth-order valence-electron chi connectivity index (χ4n) is 5.19. The van der Waals surface area contributed by atoms with E-state index in [0.29, 0.717) is 22.3 Å². The van der Waals surface area contributed by atoms with Crippen molar-refractivity contribution in [2.75, 3.05) is 0 Å². The Balaban J connectivity index is 1.97. The highest BCUT2D eigenvalue weighted by Gasteiger charge is 2.31. The van der Waals surface area contributed by atoms with Gasteiger partial charge in [0.25, 0.3) is 11.8 Å². The summed E-state index contributed by atoms with van der Waals surface area (Å²) in [7, 11) is -2.55. The van der Waals surface area contributed by atoms with Crippen LogP contribution < -0.4 is 11.0 Å². The van der Waals surface area contributed by atoms with Crippen molar-refractivity contribution in [3.8, 4) is 0 Å². The van der Waals surface area contributed by atoms with Gasteiger partial charge in [0.1, 0.15) is 13.2 Å². The number of carbonyl (C=O) groups excluding carboxylic acids is 2. The number of carbonyl (C=O) groups is 2. The molecule has 0 aliphatic carbocycles. The molecule has 2 rings (SSSR count). The van der Waals surface area contributed by atoms with Crippen LogP contribution in [0.4, 0.5) is 0 Å². The molecule has 0 aliphatic heterocycles. The van der Waals surface area contributed by atoms with E-state index in [9.17, 15) is 14.2 Å². The molecular formula is C32H48N2O7P+. The Morgan fingerprint density at radius 2 is 1.00 bits per heavy atom. The molecule has 0 unspecified atom stereocenters. The smallest absolute Gasteiger partial charge is 0.267 e. The monoisotopic (exact) mass is 603 g/mol. The molecular weight excluding hydrogens is 555 g/mol. The fraction of sp³-hybridized carbons (Fsp3) is 0.562. The van der Waals surface area contributed by atoms with Crippen LogP contribution in [0, 0.1) is 11.8 Å². The molecule has 2 N–H and O–H groups in total. The molecule has 0 bridgehead atoms. The predicted octanol–water partition coefficient (Wildman–Crippen LogP) is 7.83. The number of amides is 2. The fourth-order valence-corrected chi connectivity index (χ4v) is 5.76. The van der Waals surface area contributed by atoms with E-state index in [-0.39, 0.29) is 25.0 Å². The molecule has 2 amide bonds. The molecule has 0 saturated heterocycles. The summed E-state index contributed by atoms with van der Waals surface area (Å²) in [5, 5.41) is 0. The summed E-state index contributed by atoms with van der Waals surface area (Å²) in [5.41, 5.74) is 5.81. The summed E-state index contributed by atoms with van der Waals surface area (Å²) in [6.07, 6.45) is 3.71. The maximum absolute atomic E-state index is 12.9. The van der Waals surface area contributed by atoms with E-state index in [1.54, 1.807) is 48.5 Å². The first-order valence-corrected chi connectivity index (χ1v) is 15.8. The van der Waals surface area contributed by atoms with E-state index in [1.807, 2.05) is 27.7 Å². The SMILES string of the molecule is CCC(CC)C(C)(C)ONC(=O)c1ccccc1CO[P+](=O)OCc1ccccc1C(=O)NOC(C)(C)C(CC)CC. The second-order valence-corrected chi connectivity index (χ2v) is 12.3. The first-order chi connectivity index (χ1) is 19.9. The summed E-state index contributed by atoms with van der Waals surface area (Å²) >= 11 is 0. The average Bonchev–Trinajstić information content (AvgIpc) is 2.97. The van der Waals surface area contributed by atoms with Crippen LogP contribution in [0.5, 0.6) is 0 Å². The van der Waals surface area contributed by atoms with Gasteiger partial charge in [-0.05, 0) is 62.8 Å². The minimum Gasteiger partial charge on any atom is -0.267 e. The summed E-state index contributed by atoms with van der Waals surface area (Å²) < 4.78 is 23.5. The van der Waals surface area contributed by atoms with Gasteiger partial charge >= 0.3 is 8.25 Å². The number of hydrogen-bond acceptors (Lipinski definition) is 7. The predicted molar refractivity (Wildman–Crippen MR) is 163 cm³/mol. The molecule has 0 radical (unpaired) electrons. The third kappa shape index (κ3) is 10.2. The molecule has 232 valence electrons. The molecule has 0 spiro atoms. The number of benzene rings is 2. The van der Waals surface area contributed by atoms with Gasteiger partial charge in [0.05, 0.1) is 11.2 Å². The van der Waals surface area contributed by atoms with Gasteiger partial charge in [0.15, 0.2) is 0 Å². The third-order valence-corrected chi connectivity index (χ3v) is 8.61. The highest BCUT2D eigenvalue weighted by atomic mass is 31.1. The second-order valence-electron chi connectivity index (χ2n) is 11.4. The minimum atomic E-state index is -2.55. The molecule has 0 aromatic heterocycles. The Morgan fingerprint density at radius 1 is 0.667 bits per heavy atom. The van der Waals surface area contributed by atoms with E-state index in [4.69, 9.17) is 18.7 Å². The molecule has 42 heavy (non-hydrogen) atoms. The Morgan fingerprint density at radius 3 is 1.33 bits per heavy atom. The van der Waals surface area contributed by atoms with Crippen molar-refractivity contribution in [2.24, 2.45) is 11.8 Å². The minimum absolute atomic E-state index is 0.115. The lowest BCUT2D eigenvalue weighted by molar-refractivity contribution is -0.105. The Bertz CT molecular complexity index is 1090. The highest BCUT2D eigenvalue weighted by Crippen LogP contribution is 2.30. The summed E-state index contributed by atoms with van der Waals surface area (Å²) in [4.78, 5) is 37.4. The van der Waals surface area contributed by atoms with E-state index >= 15 is 0 Å². The quantitative estimate of drug-likeness (QED) is 0.132. The zero-order valence-electron chi connectivity index (χ0n) is 26.3. The topological polar surface area (TPSA) is 112 Å². The zero-order valence-corrected chi connectivity index (χ0v) is 27.2. The Hall–Kier alpha value is -2.68. The van der Waals surface area contributed by atoms with Crippen LogP contribution in [-0.4, -0.2) is 23.0 Å². The van der Waals surface area contributed by atoms with Gasteiger partial charge in [0.2, 0.25) is 0 Å². The van der Waals surface area contributed by atoms with Gasteiger partial charge < -0.3 is 0 Å². The summed E-state index contributed by atoms with van der Waals surface area (Å²) in [5.74, 6) is -0.275. The van der Waals surface area contributed by atoms with Gasteiger partial charge in [0, 0.05) is 15.7 Å². The van der Waals surface area contributed by atoms with Crippen LogP contribution >= 0.6 is 8.25 Å². The van der Waals surface area contributed by atoms with Crippen LogP contribution in [0.2, 0.25) is 0 Å². The van der Waals surface area contributed by atoms with Crippen LogP contribution in [0.1, 0.15) is 113 Å². The molecule has 2 aromatic rings. The van der Waals surface area contributed by atoms with Gasteiger partial charge in [-0.2, -0.15) is 0 Å². The van der Waals surface area contributed by atoms with E-state index in [1.165, 1.54) is 0 Å². The zero-order chi connectivity index (χ0) is 31.3. The van der Waals surface area contributed by atoms with Crippen LogP contribution in [0.25, 0.3) is 0 Å². The molecule has 0 fully saturated rings. The van der Waals surface area contributed by atoms with Crippen LogP contribution in [0.3, 0.4) is 0 Å². The van der Waals surface area contributed by atoms with Crippen LogP contribution in [0.15, 0.2) is 48.5 Å². The molecule has 10 heteroatoms. The number of hydrogen-bond donors (Lipinski definition) is 2. The Kier molecular flexibility index (Phi) is 14.2. The van der Waals surface area contributed by atoms with Gasteiger partial charge in [-0.3, -0.25) is 19.3 Å². The largest absolute Gasteiger partial charge is 0.698 e. The van der Waals surface area contributed by atoms with Crippen molar-refractivity contribution in [1.82, 2.24) is 11.0 Å². The highest BCUT2D eigenvalue weighted by molar-refractivity contribution is 7.33. The van der Waals surface area contributed by atoms with E-state index < -0.39 is 31.3 Å². The molecule has 0 saturated carbocycles.